The highest BCUT2D eigenvalue weighted by molar-refractivity contribution is 6.06. The van der Waals surface area contributed by atoms with Gasteiger partial charge in [0, 0.05) is 17.5 Å². The summed E-state index contributed by atoms with van der Waals surface area (Å²) in [6.45, 7) is 5.19. The highest BCUT2D eigenvalue weighted by Crippen LogP contribution is 2.30. The van der Waals surface area contributed by atoms with Crippen LogP contribution in [0.5, 0.6) is 11.5 Å². The van der Waals surface area contributed by atoms with Crippen molar-refractivity contribution in [1.29, 1.82) is 0 Å². The second-order valence-corrected chi connectivity index (χ2v) is 6.92. The lowest BCUT2D eigenvalue weighted by Crippen LogP contribution is -2.29. The van der Waals surface area contributed by atoms with E-state index in [4.69, 9.17) is 9.47 Å². The van der Waals surface area contributed by atoms with Crippen molar-refractivity contribution in [1.82, 2.24) is 15.2 Å². The first kappa shape index (κ1) is 19.6. The highest BCUT2D eigenvalue weighted by atomic mass is 16.6. The zero-order valence-corrected chi connectivity index (χ0v) is 16.8. The SMILES string of the molecule is CCCn1nc(C(=O)N/N=C(\C)c2ccc3c(c2)OCCO3)c2ccccc2c1=O. The Kier molecular flexibility index (Phi) is 5.47. The summed E-state index contributed by atoms with van der Waals surface area (Å²) in [5, 5.41) is 9.46. The second-order valence-electron chi connectivity index (χ2n) is 6.92. The maximum atomic E-state index is 12.9. The number of fused-ring (bicyclic) bond motifs is 2. The zero-order chi connectivity index (χ0) is 21.1. The van der Waals surface area contributed by atoms with Gasteiger partial charge in [-0.15, -0.1) is 0 Å². The molecule has 0 spiro atoms. The quantitative estimate of drug-likeness (QED) is 0.519. The van der Waals surface area contributed by atoms with Crippen molar-refractivity contribution < 1.29 is 14.3 Å². The molecule has 1 aliphatic rings. The molecule has 1 aliphatic heterocycles. The third-order valence-electron chi connectivity index (χ3n) is 4.80. The molecular weight excluding hydrogens is 384 g/mol. The van der Waals surface area contributed by atoms with Gasteiger partial charge in [-0.3, -0.25) is 9.59 Å². The van der Waals surface area contributed by atoms with Gasteiger partial charge in [-0.2, -0.15) is 10.2 Å². The summed E-state index contributed by atoms with van der Waals surface area (Å²) in [6, 6.07) is 12.5. The predicted molar refractivity (Wildman–Crippen MR) is 113 cm³/mol. The molecule has 2 aromatic carbocycles. The van der Waals surface area contributed by atoms with Gasteiger partial charge >= 0.3 is 0 Å². The van der Waals surface area contributed by atoms with E-state index in [1.165, 1.54) is 4.68 Å². The maximum absolute atomic E-state index is 12.9. The van der Waals surface area contributed by atoms with Crippen LogP contribution in [0.3, 0.4) is 0 Å². The normalized spacial score (nSPS) is 13.3. The molecule has 0 atom stereocenters. The largest absolute Gasteiger partial charge is 0.486 e. The smallest absolute Gasteiger partial charge is 0.292 e. The van der Waals surface area contributed by atoms with Crippen molar-refractivity contribution in [3.63, 3.8) is 0 Å². The Hall–Kier alpha value is -3.68. The summed E-state index contributed by atoms with van der Waals surface area (Å²) in [5.74, 6) is 0.863. The van der Waals surface area contributed by atoms with E-state index in [1.54, 1.807) is 31.2 Å². The molecule has 1 N–H and O–H groups in total. The Labute approximate surface area is 173 Å². The number of hydrogen-bond donors (Lipinski definition) is 1. The van der Waals surface area contributed by atoms with Crippen LogP contribution in [0.4, 0.5) is 0 Å². The van der Waals surface area contributed by atoms with Crippen molar-refractivity contribution in [2.24, 2.45) is 5.10 Å². The van der Waals surface area contributed by atoms with Crippen LogP contribution in [-0.2, 0) is 6.54 Å². The van der Waals surface area contributed by atoms with Gasteiger partial charge in [0.15, 0.2) is 17.2 Å². The molecule has 3 aromatic rings. The van der Waals surface area contributed by atoms with Gasteiger partial charge in [-0.05, 0) is 37.6 Å². The first-order valence-corrected chi connectivity index (χ1v) is 9.83. The van der Waals surface area contributed by atoms with Gasteiger partial charge in [0.25, 0.3) is 11.5 Å². The van der Waals surface area contributed by atoms with Gasteiger partial charge in [0.1, 0.15) is 13.2 Å². The Morgan fingerprint density at radius 2 is 1.87 bits per heavy atom. The molecular formula is C22H22N4O4. The van der Waals surface area contributed by atoms with Crippen molar-refractivity contribution in [2.45, 2.75) is 26.8 Å². The van der Waals surface area contributed by atoms with Gasteiger partial charge in [0.05, 0.1) is 11.1 Å². The standard InChI is InChI=1S/C22H22N4O4/c1-3-10-26-22(28)17-7-5-4-6-16(17)20(25-26)21(27)24-23-14(2)15-8-9-18-19(13-15)30-12-11-29-18/h4-9,13H,3,10-12H2,1-2H3,(H,24,27)/b23-14+. The van der Waals surface area contributed by atoms with Crippen LogP contribution < -0.4 is 20.5 Å². The Bertz CT molecular complexity index is 1200. The lowest BCUT2D eigenvalue weighted by molar-refractivity contribution is 0.0949. The summed E-state index contributed by atoms with van der Waals surface area (Å²) in [6.07, 6.45) is 0.730. The van der Waals surface area contributed by atoms with Crippen LogP contribution in [0, 0.1) is 0 Å². The van der Waals surface area contributed by atoms with Crippen LogP contribution in [-0.4, -0.2) is 34.6 Å². The molecule has 154 valence electrons. The van der Waals surface area contributed by atoms with Crippen molar-refractivity contribution in [3.8, 4) is 11.5 Å². The number of rotatable bonds is 5. The summed E-state index contributed by atoms with van der Waals surface area (Å²) in [7, 11) is 0. The van der Waals surface area contributed by atoms with Gasteiger partial charge in [0.2, 0.25) is 0 Å². The minimum absolute atomic E-state index is 0.164. The van der Waals surface area contributed by atoms with E-state index in [1.807, 2.05) is 25.1 Å². The van der Waals surface area contributed by atoms with Gasteiger partial charge in [-0.1, -0.05) is 25.1 Å². The fraction of sp³-hybridized carbons (Fsp3) is 0.273. The van der Waals surface area contributed by atoms with E-state index in [9.17, 15) is 9.59 Å². The molecule has 2 heterocycles. The number of nitrogens with zero attached hydrogens (tertiary/aromatic N) is 3. The number of hydrazone groups is 1. The van der Waals surface area contributed by atoms with E-state index >= 15 is 0 Å². The number of hydrogen-bond acceptors (Lipinski definition) is 6. The molecule has 1 amide bonds. The van der Waals surface area contributed by atoms with Crippen molar-refractivity contribution in [2.75, 3.05) is 13.2 Å². The molecule has 0 saturated carbocycles. The highest BCUT2D eigenvalue weighted by Gasteiger charge is 2.17. The number of benzene rings is 2. The molecule has 0 bridgehead atoms. The third kappa shape index (κ3) is 3.76. The summed E-state index contributed by atoms with van der Waals surface area (Å²) in [4.78, 5) is 25.4. The van der Waals surface area contributed by atoms with Gasteiger partial charge < -0.3 is 9.47 Å². The van der Waals surface area contributed by atoms with Crippen molar-refractivity contribution in [3.05, 3.63) is 64.1 Å². The minimum Gasteiger partial charge on any atom is -0.486 e. The third-order valence-corrected chi connectivity index (χ3v) is 4.80. The molecule has 4 rings (SSSR count). The van der Waals surface area contributed by atoms with Crippen molar-refractivity contribution >= 4 is 22.4 Å². The van der Waals surface area contributed by atoms with Crippen LogP contribution in [0.2, 0.25) is 0 Å². The molecule has 30 heavy (non-hydrogen) atoms. The minimum atomic E-state index is -0.479. The topological polar surface area (TPSA) is 94.8 Å². The summed E-state index contributed by atoms with van der Waals surface area (Å²) >= 11 is 0. The van der Waals surface area contributed by atoms with E-state index in [2.05, 4.69) is 15.6 Å². The molecule has 0 saturated heterocycles. The maximum Gasteiger partial charge on any atom is 0.292 e. The number of aryl methyl sites for hydroxylation is 1. The average molecular weight is 406 g/mol. The van der Waals surface area contributed by atoms with Crippen LogP contribution in [0.15, 0.2) is 52.4 Å². The number of ether oxygens (including phenoxy) is 2. The lowest BCUT2D eigenvalue weighted by atomic mass is 10.1. The summed E-state index contributed by atoms with van der Waals surface area (Å²) in [5.41, 5.74) is 3.92. The Morgan fingerprint density at radius 3 is 2.63 bits per heavy atom. The van der Waals surface area contributed by atoms with Crippen LogP contribution in [0.25, 0.3) is 10.8 Å². The van der Waals surface area contributed by atoms with E-state index in [0.29, 0.717) is 47.7 Å². The zero-order valence-electron chi connectivity index (χ0n) is 16.8. The Morgan fingerprint density at radius 1 is 1.13 bits per heavy atom. The molecule has 1 aromatic heterocycles. The van der Waals surface area contributed by atoms with Crippen LogP contribution >= 0.6 is 0 Å². The molecule has 8 heteroatoms. The number of aromatic nitrogens is 2. The lowest BCUT2D eigenvalue weighted by Gasteiger charge is -2.18. The van der Waals surface area contributed by atoms with Crippen LogP contribution in [0.1, 0.15) is 36.3 Å². The molecule has 0 radical (unpaired) electrons. The number of carbonyl (C=O) groups is 1. The Balaban J connectivity index is 1.63. The number of nitrogens with one attached hydrogen (secondary N) is 1. The fourth-order valence-electron chi connectivity index (χ4n) is 3.29. The molecule has 0 unspecified atom stereocenters. The van der Waals surface area contributed by atoms with E-state index < -0.39 is 5.91 Å². The van der Waals surface area contributed by atoms with E-state index in [0.717, 1.165) is 12.0 Å². The van der Waals surface area contributed by atoms with E-state index in [-0.39, 0.29) is 11.3 Å². The monoisotopic (exact) mass is 406 g/mol. The molecule has 8 nitrogen and oxygen atoms in total. The number of carbonyl (C=O) groups excluding carboxylic acids is 1. The average Bonchev–Trinajstić information content (AvgIpc) is 2.79. The predicted octanol–water partition coefficient (Wildman–Crippen LogP) is 2.73. The molecule has 0 aliphatic carbocycles. The van der Waals surface area contributed by atoms with Gasteiger partial charge in [-0.25, -0.2) is 10.1 Å². The first-order valence-electron chi connectivity index (χ1n) is 9.83. The molecule has 0 fully saturated rings. The summed E-state index contributed by atoms with van der Waals surface area (Å²) < 4.78 is 12.4. The number of amides is 1. The fourth-order valence-corrected chi connectivity index (χ4v) is 3.29. The second kappa shape index (κ2) is 8.36. The first-order chi connectivity index (χ1) is 14.6.